The number of piperidine rings is 1. The summed E-state index contributed by atoms with van der Waals surface area (Å²) in [5, 5.41) is 13.3. The molecule has 3 saturated heterocycles. The van der Waals surface area contributed by atoms with Gasteiger partial charge in [-0.25, -0.2) is 9.50 Å². The number of nitrogens with zero attached hydrogens (tertiary/aromatic N) is 6. The normalized spacial score (nSPS) is 27.7. The van der Waals surface area contributed by atoms with E-state index in [1.165, 1.54) is 38.6 Å². The van der Waals surface area contributed by atoms with Crippen LogP contribution in [0.5, 0.6) is 0 Å². The number of hydrogen-bond donors (Lipinski definition) is 1. The number of nitriles is 1. The molecular weight excluding hydrogens is 366 g/mol. The second-order valence-corrected chi connectivity index (χ2v) is 8.73. The predicted octanol–water partition coefficient (Wildman–Crippen LogP) is 1.99. The van der Waals surface area contributed by atoms with Gasteiger partial charge in [-0.05, 0) is 57.2 Å². The van der Waals surface area contributed by atoms with Gasteiger partial charge in [0.2, 0.25) is 0 Å². The molecule has 8 nitrogen and oxygen atoms in total. The maximum atomic E-state index is 8.97. The molecular formula is C21H29N7O. The van der Waals surface area contributed by atoms with Gasteiger partial charge in [-0.2, -0.15) is 10.4 Å². The van der Waals surface area contributed by atoms with Crippen LogP contribution < -0.4 is 5.73 Å². The first-order valence-corrected chi connectivity index (χ1v) is 10.8. The average Bonchev–Trinajstić information content (AvgIpc) is 3.44. The fraction of sp³-hybridized carbons (Fsp3) is 0.667. The Hall–Kier alpha value is -2.21. The fourth-order valence-electron chi connectivity index (χ4n) is 5.59. The molecule has 0 saturated carbocycles. The van der Waals surface area contributed by atoms with Crippen molar-refractivity contribution in [1.29, 1.82) is 5.26 Å². The summed E-state index contributed by atoms with van der Waals surface area (Å²) in [5.41, 5.74) is 8.20. The van der Waals surface area contributed by atoms with E-state index in [9.17, 15) is 0 Å². The maximum absolute atomic E-state index is 8.97. The molecule has 0 amide bonds. The van der Waals surface area contributed by atoms with Crippen molar-refractivity contribution in [3.63, 3.8) is 0 Å². The Bertz CT molecular complexity index is 911. The van der Waals surface area contributed by atoms with Crippen LogP contribution in [0.2, 0.25) is 0 Å². The van der Waals surface area contributed by atoms with Crippen molar-refractivity contribution in [1.82, 2.24) is 24.4 Å². The van der Waals surface area contributed by atoms with Crippen LogP contribution in [-0.4, -0.2) is 68.8 Å². The van der Waals surface area contributed by atoms with E-state index in [2.05, 4.69) is 32.0 Å². The van der Waals surface area contributed by atoms with Gasteiger partial charge >= 0.3 is 0 Å². The molecule has 2 unspecified atom stereocenters. The van der Waals surface area contributed by atoms with E-state index in [1.54, 1.807) is 0 Å². The van der Waals surface area contributed by atoms with Gasteiger partial charge in [0.1, 0.15) is 17.9 Å². The summed E-state index contributed by atoms with van der Waals surface area (Å²) in [6, 6.07) is 6.34. The molecule has 3 aliphatic heterocycles. The molecule has 2 atom stereocenters. The predicted molar refractivity (Wildman–Crippen MR) is 109 cm³/mol. The molecule has 29 heavy (non-hydrogen) atoms. The number of rotatable bonds is 4. The highest BCUT2D eigenvalue weighted by Gasteiger charge is 2.44. The first kappa shape index (κ1) is 18.8. The molecule has 5 rings (SSSR count). The number of nitrogen functional groups attached to an aromatic ring is 1. The van der Waals surface area contributed by atoms with Crippen LogP contribution in [0.1, 0.15) is 50.3 Å². The minimum Gasteiger partial charge on any atom is -0.382 e. The number of ether oxygens (including phenoxy) is 1. The highest BCUT2D eigenvalue weighted by molar-refractivity contribution is 5.65. The zero-order chi connectivity index (χ0) is 19.8. The topological polar surface area (TPSA) is 95.7 Å². The van der Waals surface area contributed by atoms with Gasteiger partial charge in [0, 0.05) is 25.2 Å². The van der Waals surface area contributed by atoms with Gasteiger partial charge in [0.05, 0.1) is 24.4 Å². The van der Waals surface area contributed by atoms with Crippen LogP contribution >= 0.6 is 0 Å². The lowest BCUT2D eigenvalue weighted by Gasteiger charge is -2.45. The summed E-state index contributed by atoms with van der Waals surface area (Å²) in [6.07, 6.45) is 8.81. The second-order valence-electron chi connectivity index (χ2n) is 8.73. The molecule has 3 fully saturated rings. The van der Waals surface area contributed by atoms with E-state index < -0.39 is 0 Å². The highest BCUT2D eigenvalue weighted by atomic mass is 16.5. The Balaban J connectivity index is 1.24. The zero-order valence-corrected chi connectivity index (χ0v) is 16.8. The number of likely N-dealkylation sites (tertiary alicyclic amines) is 2. The number of fused-ring (bicyclic) bond motifs is 1. The van der Waals surface area contributed by atoms with Crippen LogP contribution in [0.25, 0.3) is 5.52 Å². The monoisotopic (exact) mass is 395 g/mol. The average molecular weight is 396 g/mol. The zero-order valence-electron chi connectivity index (χ0n) is 16.8. The Morgan fingerprint density at radius 2 is 2.07 bits per heavy atom. The highest BCUT2D eigenvalue weighted by Crippen LogP contribution is 2.41. The Labute approximate surface area is 171 Å². The molecule has 2 aromatic rings. The van der Waals surface area contributed by atoms with Crippen LogP contribution in [0.15, 0.2) is 18.5 Å². The molecule has 154 valence electrons. The molecule has 5 heterocycles. The van der Waals surface area contributed by atoms with Crippen molar-refractivity contribution < 1.29 is 4.74 Å². The third-order valence-corrected chi connectivity index (χ3v) is 7.19. The van der Waals surface area contributed by atoms with E-state index in [0.717, 1.165) is 43.7 Å². The van der Waals surface area contributed by atoms with E-state index in [1.807, 2.05) is 10.6 Å². The van der Waals surface area contributed by atoms with E-state index >= 15 is 0 Å². The first-order chi connectivity index (χ1) is 14.2. The Morgan fingerprint density at radius 1 is 1.21 bits per heavy atom. The maximum Gasteiger partial charge on any atom is 0.151 e. The second kappa shape index (κ2) is 7.56. The molecule has 0 aliphatic carbocycles. The lowest BCUT2D eigenvalue weighted by atomic mass is 9.84. The number of nitrogens with two attached hydrogens (primary N) is 1. The van der Waals surface area contributed by atoms with Gasteiger partial charge in [-0.1, -0.05) is 0 Å². The quantitative estimate of drug-likeness (QED) is 0.791. The molecule has 1 spiro atoms. The summed E-state index contributed by atoms with van der Waals surface area (Å²) in [6.45, 7) is 4.81. The molecule has 0 aromatic carbocycles. The third kappa shape index (κ3) is 3.37. The van der Waals surface area contributed by atoms with Gasteiger partial charge in [-0.15, -0.1) is 0 Å². The van der Waals surface area contributed by atoms with E-state index in [0.29, 0.717) is 17.9 Å². The van der Waals surface area contributed by atoms with Gasteiger partial charge in [0.25, 0.3) is 0 Å². The summed E-state index contributed by atoms with van der Waals surface area (Å²) in [5.74, 6) is 0.502. The van der Waals surface area contributed by atoms with Crippen molar-refractivity contribution in [2.75, 3.05) is 38.5 Å². The lowest BCUT2D eigenvalue weighted by Crippen LogP contribution is -2.53. The lowest BCUT2D eigenvalue weighted by molar-refractivity contribution is -0.0134. The summed E-state index contributed by atoms with van der Waals surface area (Å²) in [7, 11) is 0. The summed E-state index contributed by atoms with van der Waals surface area (Å²) < 4.78 is 8.36. The molecule has 2 N–H and O–H groups in total. The Morgan fingerprint density at radius 3 is 2.90 bits per heavy atom. The van der Waals surface area contributed by atoms with Crippen molar-refractivity contribution in [2.45, 2.75) is 56.3 Å². The molecule has 8 heteroatoms. The van der Waals surface area contributed by atoms with Crippen LogP contribution in [0.3, 0.4) is 0 Å². The minimum absolute atomic E-state index is 0.0628. The van der Waals surface area contributed by atoms with Crippen LogP contribution in [0.4, 0.5) is 5.82 Å². The van der Waals surface area contributed by atoms with Crippen molar-refractivity contribution >= 4 is 11.3 Å². The van der Waals surface area contributed by atoms with E-state index in [4.69, 9.17) is 15.7 Å². The molecule has 0 bridgehead atoms. The summed E-state index contributed by atoms with van der Waals surface area (Å²) in [4.78, 5) is 9.05. The van der Waals surface area contributed by atoms with Crippen LogP contribution in [-0.2, 0) is 4.74 Å². The molecule has 0 radical (unpaired) electrons. The summed E-state index contributed by atoms with van der Waals surface area (Å²) >= 11 is 0. The number of hydrogen-bond acceptors (Lipinski definition) is 7. The first-order valence-electron chi connectivity index (χ1n) is 10.8. The fourth-order valence-corrected chi connectivity index (χ4v) is 5.59. The van der Waals surface area contributed by atoms with Crippen molar-refractivity contribution in [2.24, 2.45) is 0 Å². The van der Waals surface area contributed by atoms with Crippen molar-refractivity contribution in [3.8, 4) is 6.07 Å². The van der Waals surface area contributed by atoms with Crippen LogP contribution in [0, 0.1) is 11.3 Å². The third-order valence-electron chi connectivity index (χ3n) is 7.19. The largest absolute Gasteiger partial charge is 0.382 e. The van der Waals surface area contributed by atoms with Gasteiger partial charge in [-0.3, -0.25) is 9.80 Å². The minimum atomic E-state index is 0.0628. The smallest absolute Gasteiger partial charge is 0.151 e. The molecule has 3 aliphatic rings. The molecule has 2 aromatic heterocycles. The van der Waals surface area contributed by atoms with Crippen molar-refractivity contribution in [3.05, 3.63) is 24.2 Å². The van der Waals surface area contributed by atoms with Gasteiger partial charge in [0.15, 0.2) is 5.82 Å². The SMILES string of the molecule is N#CCN1CCC2(CCCN2CC2CCC(c3ccc4c(N)ncnn34)O2)CC1. The van der Waals surface area contributed by atoms with Gasteiger partial charge < -0.3 is 10.5 Å². The standard InChI is InChI=1S/C21H29N7O/c22-9-13-26-11-7-21(8-12-26)6-1-10-27(21)14-16-2-5-19(29-16)17-3-4-18-20(23)24-15-25-28(17)18/h3-4,15-16,19H,1-2,5-8,10-14H2,(H2,23,24,25). The van der Waals surface area contributed by atoms with E-state index in [-0.39, 0.29) is 12.2 Å². The number of anilines is 1. The Kier molecular flexibility index (Phi) is 4.90. The number of aromatic nitrogens is 3.